The zero-order valence-corrected chi connectivity index (χ0v) is 15.0. The molecule has 26 heavy (non-hydrogen) atoms. The van der Waals surface area contributed by atoms with E-state index in [4.69, 9.17) is 4.42 Å². The van der Waals surface area contributed by atoms with Crippen LogP contribution in [-0.2, 0) is 12.8 Å². The molecule has 0 aliphatic rings. The minimum atomic E-state index is 0.905. The van der Waals surface area contributed by atoms with Crippen molar-refractivity contribution in [3.63, 3.8) is 0 Å². The molecule has 1 nitrogen and oxygen atoms in total. The van der Waals surface area contributed by atoms with Crippen molar-refractivity contribution in [2.75, 3.05) is 0 Å². The van der Waals surface area contributed by atoms with Gasteiger partial charge in [0.2, 0.25) is 0 Å². The van der Waals surface area contributed by atoms with Crippen LogP contribution >= 0.6 is 0 Å². The Labute approximate surface area is 154 Å². The molecule has 0 saturated heterocycles. The standard InChI is InChI=1S/C25H22O/c1-19-23(18-17-20-11-5-2-6-12-20)26-25(22-15-9-4-10-16-22)24(19)21-13-7-3-8-14-21/h2-16H,17-18H2,1H3. The van der Waals surface area contributed by atoms with Gasteiger partial charge in [-0.25, -0.2) is 0 Å². The van der Waals surface area contributed by atoms with Gasteiger partial charge in [-0.3, -0.25) is 0 Å². The highest BCUT2D eigenvalue weighted by Gasteiger charge is 2.19. The second-order valence-corrected chi connectivity index (χ2v) is 6.57. The summed E-state index contributed by atoms with van der Waals surface area (Å²) in [6, 6.07) is 31.5. The SMILES string of the molecule is Cc1c(CCc2ccccc2)oc(-c2ccccc2)c1-c1ccccc1. The van der Waals surface area contributed by atoms with E-state index in [-0.39, 0.29) is 0 Å². The van der Waals surface area contributed by atoms with E-state index < -0.39 is 0 Å². The van der Waals surface area contributed by atoms with Crippen molar-refractivity contribution in [3.05, 3.63) is 108 Å². The van der Waals surface area contributed by atoms with Crippen LogP contribution in [0, 0.1) is 6.92 Å². The fourth-order valence-corrected chi connectivity index (χ4v) is 3.45. The summed E-state index contributed by atoms with van der Waals surface area (Å²) < 4.78 is 6.41. The van der Waals surface area contributed by atoms with E-state index in [1.807, 2.05) is 6.07 Å². The smallest absolute Gasteiger partial charge is 0.142 e. The topological polar surface area (TPSA) is 13.1 Å². The lowest BCUT2D eigenvalue weighted by atomic mass is 9.97. The molecule has 4 rings (SSSR count). The second kappa shape index (κ2) is 7.45. The van der Waals surface area contributed by atoms with Crippen molar-refractivity contribution in [1.82, 2.24) is 0 Å². The molecule has 1 heteroatoms. The zero-order valence-electron chi connectivity index (χ0n) is 15.0. The normalized spacial score (nSPS) is 10.8. The predicted molar refractivity (Wildman–Crippen MR) is 108 cm³/mol. The highest BCUT2D eigenvalue weighted by molar-refractivity contribution is 5.83. The summed E-state index contributed by atoms with van der Waals surface area (Å²) in [5.41, 5.74) is 6.12. The Morgan fingerprint density at radius 3 is 1.77 bits per heavy atom. The van der Waals surface area contributed by atoms with Gasteiger partial charge < -0.3 is 4.42 Å². The van der Waals surface area contributed by atoms with Crippen LogP contribution < -0.4 is 0 Å². The van der Waals surface area contributed by atoms with Gasteiger partial charge in [-0.1, -0.05) is 91.0 Å². The Hall–Kier alpha value is -3.06. The van der Waals surface area contributed by atoms with E-state index in [2.05, 4.69) is 91.9 Å². The van der Waals surface area contributed by atoms with E-state index in [1.54, 1.807) is 0 Å². The van der Waals surface area contributed by atoms with Crippen LogP contribution in [0.3, 0.4) is 0 Å². The molecule has 0 N–H and O–H groups in total. The number of aryl methyl sites for hydroxylation is 2. The van der Waals surface area contributed by atoms with Crippen molar-refractivity contribution >= 4 is 0 Å². The van der Waals surface area contributed by atoms with Crippen LogP contribution in [-0.4, -0.2) is 0 Å². The van der Waals surface area contributed by atoms with Crippen molar-refractivity contribution in [2.45, 2.75) is 19.8 Å². The summed E-state index contributed by atoms with van der Waals surface area (Å²) in [4.78, 5) is 0. The van der Waals surface area contributed by atoms with E-state index in [1.165, 1.54) is 22.3 Å². The minimum Gasteiger partial charge on any atom is -0.460 e. The highest BCUT2D eigenvalue weighted by atomic mass is 16.3. The first kappa shape index (κ1) is 16.4. The molecular formula is C25H22O. The van der Waals surface area contributed by atoms with Gasteiger partial charge in [0.05, 0.1) is 0 Å². The molecule has 0 aliphatic heterocycles. The fraction of sp³-hybridized carbons (Fsp3) is 0.120. The molecule has 0 saturated carbocycles. The van der Waals surface area contributed by atoms with Crippen molar-refractivity contribution in [1.29, 1.82) is 0 Å². The Bertz CT molecular complexity index is 967. The Morgan fingerprint density at radius 1 is 0.615 bits per heavy atom. The lowest BCUT2D eigenvalue weighted by molar-refractivity contribution is 0.518. The van der Waals surface area contributed by atoms with Crippen LogP contribution in [0.1, 0.15) is 16.9 Å². The predicted octanol–water partition coefficient (Wildman–Crippen LogP) is 6.71. The number of furan rings is 1. The molecule has 0 atom stereocenters. The maximum Gasteiger partial charge on any atom is 0.142 e. The first-order chi connectivity index (χ1) is 12.8. The quantitative estimate of drug-likeness (QED) is 0.394. The van der Waals surface area contributed by atoms with E-state index in [9.17, 15) is 0 Å². The Morgan fingerprint density at radius 2 is 1.15 bits per heavy atom. The molecule has 0 aliphatic carbocycles. The van der Waals surface area contributed by atoms with Gasteiger partial charge in [0.15, 0.2) is 0 Å². The summed E-state index contributed by atoms with van der Waals surface area (Å²) in [6.45, 7) is 2.18. The van der Waals surface area contributed by atoms with Crippen LogP contribution in [0.2, 0.25) is 0 Å². The number of hydrogen-bond acceptors (Lipinski definition) is 1. The lowest BCUT2D eigenvalue weighted by Crippen LogP contribution is -1.91. The average molecular weight is 338 g/mol. The maximum absolute atomic E-state index is 6.41. The third kappa shape index (κ3) is 3.34. The number of benzene rings is 3. The summed E-state index contributed by atoms with van der Waals surface area (Å²) in [6.07, 6.45) is 1.89. The lowest BCUT2D eigenvalue weighted by Gasteiger charge is -2.04. The molecule has 0 radical (unpaired) electrons. The first-order valence-electron chi connectivity index (χ1n) is 9.10. The van der Waals surface area contributed by atoms with Crippen LogP contribution in [0.15, 0.2) is 95.4 Å². The molecule has 1 aromatic heterocycles. The third-order valence-corrected chi connectivity index (χ3v) is 4.83. The van der Waals surface area contributed by atoms with Gasteiger partial charge >= 0.3 is 0 Å². The number of hydrogen-bond donors (Lipinski definition) is 0. The van der Waals surface area contributed by atoms with Crippen LogP contribution in [0.5, 0.6) is 0 Å². The van der Waals surface area contributed by atoms with Crippen molar-refractivity contribution in [3.8, 4) is 22.5 Å². The molecule has 128 valence electrons. The molecule has 0 fully saturated rings. The largest absolute Gasteiger partial charge is 0.460 e. The summed E-state index contributed by atoms with van der Waals surface area (Å²) in [5, 5.41) is 0. The zero-order chi connectivity index (χ0) is 17.8. The summed E-state index contributed by atoms with van der Waals surface area (Å²) in [7, 11) is 0. The molecule has 3 aromatic carbocycles. The summed E-state index contributed by atoms with van der Waals surface area (Å²) in [5.74, 6) is 2.05. The minimum absolute atomic E-state index is 0.905. The number of rotatable bonds is 5. The molecule has 1 heterocycles. The maximum atomic E-state index is 6.41. The highest BCUT2D eigenvalue weighted by Crippen LogP contribution is 2.39. The van der Waals surface area contributed by atoms with Gasteiger partial charge in [0, 0.05) is 17.5 Å². The molecule has 0 spiro atoms. The Balaban J connectivity index is 1.75. The first-order valence-corrected chi connectivity index (χ1v) is 9.10. The average Bonchev–Trinajstić information content (AvgIpc) is 3.05. The summed E-state index contributed by atoms with van der Waals surface area (Å²) >= 11 is 0. The molecule has 0 amide bonds. The van der Waals surface area contributed by atoms with Crippen molar-refractivity contribution < 1.29 is 4.42 Å². The van der Waals surface area contributed by atoms with Gasteiger partial charge in [-0.15, -0.1) is 0 Å². The van der Waals surface area contributed by atoms with Crippen LogP contribution in [0.25, 0.3) is 22.5 Å². The third-order valence-electron chi connectivity index (χ3n) is 4.83. The van der Waals surface area contributed by atoms with E-state index in [0.29, 0.717) is 0 Å². The van der Waals surface area contributed by atoms with Gasteiger partial charge in [0.1, 0.15) is 11.5 Å². The van der Waals surface area contributed by atoms with Crippen LogP contribution in [0.4, 0.5) is 0 Å². The van der Waals surface area contributed by atoms with Gasteiger partial charge in [-0.05, 0) is 30.0 Å². The molecular weight excluding hydrogens is 316 g/mol. The van der Waals surface area contributed by atoms with E-state index >= 15 is 0 Å². The van der Waals surface area contributed by atoms with Crippen molar-refractivity contribution in [2.24, 2.45) is 0 Å². The molecule has 0 unspecified atom stereocenters. The Kier molecular flexibility index (Phi) is 4.70. The second-order valence-electron chi connectivity index (χ2n) is 6.57. The molecule has 0 bridgehead atoms. The van der Waals surface area contributed by atoms with E-state index in [0.717, 1.165) is 29.9 Å². The fourth-order valence-electron chi connectivity index (χ4n) is 3.45. The molecule has 4 aromatic rings. The monoisotopic (exact) mass is 338 g/mol. The van der Waals surface area contributed by atoms with Gasteiger partial charge in [-0.2, -0.15) is 0 Å². The van der Waals surface area contributed by atoms with Gasteiger partial charge in [0.25, 0.3) is 0 Å².